The molecular weight excluding hydrogens is 432 g/mol. The highest BCUT2D eigenvalue weighted by atomic mass is 16.6. The Morgan fingerprint density at radius 2 is 1.79 bits per heavy atom. The number of nitro groups is 2. The first-order valence-corrected chi connectivity index (χ1v) is 10.3. The van der Waals surface area contributed by atoms with Crippen molar-refractivity contribution in [2.24, 2.45) is 0 Å². The van der Waals surface area contributed by atoms with Gasteiger partial charge in [-0.25, -0.2) is 4.79 Å². The number of rotatable bonds is 6. The molecule has 0 aromatic heterocycles. The molecule has 0 fully saturated rings. The summed E-state index contributed by atoms with van der Waals surface area (Å²) < 4.78 is 5.29. The van der Waals surface area contributed by atoms with Gasteiger partial charge in [-0.1, -0.05) is 30.3 Å². The first kappa shape index (κ1) is 23.6. The summed E-state index contributed by atoms with van der Waals surface area (Å²) in [6, 6.07) is 10.00. The van der Waals surface area contributed by atoms with Crippen LogP contribution in [0.4, 0.5) is 21.9 Å². The van der Waals surface area contributed by atoms with E-state index >= 15 is 0 Å². The second-order valence-corrected chi connectivity index (χ2v) is 8.62. The second kappa shape index (κ2) is 9.23. The van der Waals surface area contributed by atoms with E-state index in [-0.39, 0.29) is 25.1 Å². The molecule has 1 heterocycles. The summed E-state index contributed by atoms with van der Waals surface area (Å²) in [5.41, 5.74) is -0.616. The van der Waals surface area contributed by atoms with Gasteiger partial charge in [0.1, 0.15) is 17.3 Å². The second-order valence-electron chi connectivity index (χ2n) is 8.62. The Balaban J connectivity index is 1.96. The summed E-state index contributed by atoms with van der Waals surface area (Å²) in [6.07, 6.45) is -0.450. The Bertz CT molecular complexity index is 1100. The van der Waals surface area contributed by atoms with Crippen LogP contribution in [-0.4, -0.2) is 40.0 Å². The van der Waals surface area contributed by atoms with Crippen LogP contribution in [0.3, 0.4) is 0 Å². The fourth-order valence-corrected chi connectivity index (χ4v) is 3.66. The van der Waals surface area contributed by atoms with E-state index in [4.69, 9.17) is 4.74 Å². The van der Waals surface area contributed by atoms with Gasteiger partial charge >= 0.3 is 6.09 Å². The van der Waals surface area contributed by atoms with E-state index in [2.05, 4.69) is 5.32 Å². The molecule has 0 bridgehead atoms. The van der Waals surface area contributed by atoms with Gasteiger partial charge in [0.25, 0.3) is 11.4 Å². The maximum absolute atomic E-state index is 13.5. The molecule has 0 saturated carbocycles. The summed E-state index contributed by atoms with van der Waals surface area (Å²) in [7, 11) is 0. The van der Waals surface area contributed by atoms with Crippen LogP contribution in [0, 0.1) is 20.2 Å². The zero-order valence-electron chi connectivity index (χ0n) is 18.4. The van der Waals surface area contributed by atoms with E-state index in [9.17, 15) is 29.8 Å². The van der Waals surface area contributed by atoms with Crippen molar-refractivity contribution in [3.05, 3.63) is 73.8 Å². The van der Waals surface area contributed by atoms with Gasteiger partial charge in [0.2, 0.25) is 5.91 Å². The number of alkyl carbamates (subject to hydrolysis) is 1. The number of fused-ring (bicyclic) bond motifs is 1. The molecule has 1 N–H and O–H groups in total. The Labute approximate surface area is 189 Å². The number of nitro benzene ring substituents is 2. The van der Waals surface area contributed by atoms with Gasteiger partial charge < -0.3 is 15.0 Å². The van der Waals surface area contributed by atoms with Crippen molar-refractivity contribution >= 4 is 29.1 Å². The lowest BCUT2D eigenvalue weighted by Gasteiger charge is -2.26. The van der Waals surface area contributed by atoms with Gasteiger partial charge in [0.15, 0.2) is 0 Å². The average Bonchev–Trinajstić information content (AvgIpc) is 3.15. The molecule has 3 rings (SSSR count). The topological polar surface area (TPSA) is 145 Å². The van der Waals surface area contributed by atoms with E-state index in [1.807, 2.05) is 6.07 Å². The van der Waals surface area contributed by atoms with E-state index < -0.39 is 44.9 Å². The van der Waals surface area contributed by atoms with Crippen LogP contribution in [0.25, 0.3) is 0 Å². The van der Waals surface area contributed by atoms with E-state index in [0.29, 0.717) is 5.56 Å². The fourth-order valence-electron chi connectivity index (χ4n) is 3.66. The van der Waals surface area contributed by atoms with Gasteiger partial charge in [0, 0.05) is 19.0 Å². The van der Waals surface area contributed by atoms with Crippen molar-refractivity contribution in [2.45, 2.75) is 45.3 Å². The van der Waals surface area contributed by atoms with Crippen molar-refractivity contribution in [3.8, 4) is 0 Å². The Morgan fingerprint density at radius 1 is 1.12 bits per heavy atom. The molecule has 1 aliphatic heterocycles. The predicted octanol–water partition coefficient (Wildman–Crippen LogP) is 3.53. The highest BCUT2D eigenvalue weighted by molar-refractivity contribution is 6.02. The monoisotopic (exact) mass is 456 g/mol. The number of hydrogen-bond donors (Lipinski definition) is 1. The molecule has 2 aromatic carbocycles. The molecule has 0 spiro atoms. The highest BCUT2D eigenvalue weighted by Crippen LogP contribution is 2.40. The van der Waals surface area contributed by atoms with E-state index in [1.165, 1.54) is 11.0 Å². The highest BCUT2D eigenvalue weighted by Gasteiger charge is 2.38. The van der Waals surface area contributed by atoms with Gasteiger partial charge in [0.05, 0.1) is 15.9 Å². The summed E-state index contributed by atoms with van der Waals surface area (Å²) >= 11 is 0. The van der Waals surface area contributed by atoms with Gasteiger partial charge in [-0.3, -0.25) is 25.0 Å². The quantitative estimate of drug-likeness (QED) is 0.517. The smallest absolute Gasteiger partial charge is 0.408 e. The van der Waals surface area contributed by atoms with Gasteiger partial charge in [-0.05, 0) is 38.3 Å². The first-order valence-electron chi connectivity index (χ1n) is 10.3. The first-order chi connectivity index (χ1) is 15.5. The van der Waals surface area contributed by atoms with Crippen LogP contribution in [0.15, 0.2) is 42.5 Å². The number of carbonyl (C=O) groups excluding carboxylic acids is 2. The lowest BCUT2D eigenvalue weighted by Crippen LogP contribution is -2.50. The maximum atomic E-state index is 13.5. The summed E-state index contributed by atoms with van der Waals surface area (Å²) in [5.74, 6) is -0.569. The Hall–Kier alpha value is -4.02. The number of hydrogen-bond acceptors (Lipinski definition) is 7. The van der Waals surface area contributed by atoms with Crippen LogP contribution in [0.1, 0.15) is 31.9 Å². The van der Waals surface area contributed by atoms with Gasteiger partial charge in [-0.15, -0.1) is 0 Å². The van der Waals surface area contributed by atoms with E-state index in [1.54, 1.807) is 45.0 Å². The van der Waals surface area contributed by atoms with E-state index in [0.717, 1.165) is 11.6 Å². The molecular formula is C22H24N4O7. The molecule has 0 saturated heterocycles. The van der Waals surface area contributed by atoms with Crippen molar-refractivity contribution in [2.75, 3.05) is 11.4 Å². The number of nitrogens with zero attached hydrogens (tertiary/aromatic N) is 3. The number of anilines is 1. The number of nitrogens with one attached hydrogen (secondary N) is 1. The van der Waals surface area contributed by atoms with Crippen molar-refractivity contribution in [1.29, 1.82) is 0 Å². The Morgan fingerprint density at radius 3 is 2.36 bits per heavy atom. The summed E-state index contributed by atoms with van der Waals surface area (Å²) in [5, 5.41) is 25.4. The van der Waals surface area contributed by atoms with Crippen molar-refractivity contribution < 1.29 is 24.2 Å². The molecule has 2 amide bonds. The fraction of sp³-hybridized carbons (Fsp3) is 0.364. The van der Waals surface area contributed by atoms with Crippen LogP contribution in [0.2, 0.25) is 0 Å². The molecule has 33 heavy (non-hydrogen) atoms. The van der Waals surface area contributed by atoms with Crippen LogP contribution in [0.5, 0.6) is 0 Å². The molecule has 11 nitrogen and oxygen atoms in total. The lowest BCUT2D eigenvalue weighted by molar-refractivity contribution is -0.393. The predicted molar refractivity (Wildman–Crippen MR) is 119 cm³/mol. The average molecular weight is 456 g/mol. The number of non-ortho nitro benzene ring substituents is 1. The Kier molecular flexibility index (Phi) is 6.61. The largest absolute Gasteiger partial charge is 0.444 e. The molecule has 0 unspecified atom stereocenters. The SMILES string of the molecule is CC(C)(C)OC(=O)N[C@@H](Cc1ccccc1)C(=O)N1CCc2cc([N+](=O)[O-])cc([N+](=O)[O-])c21. The third-order valence-corrected chi connectivity index (χ3v) is 4.97. The van der Waals surface area contributed by atoms with Gasteiger partial charge in [-0.2, -0.15) is 0 Å². The van der Waals surface area contributed by atoms with Crippen molar-refractivity contribution in [3.63, 3.8) is 0 Å². The number of ether oxygens (including phenoxy) is 1. The number of amides is 2. The molecule has 1 aliphatic rings. The summed E-state index contributed by atoms with van der Waals surface area (Å²) in [6.45, 7) is 5.16. The third kappa shape index (κ3) is 5.62. The minimum absolute atomic E-state index is 0.0136. The maximum Gasteiger partial charge on any atom is 0.408 e. The molecule has 11 heteroatoms. The molecule has 2 aromatic rings. The third-order valence-electron chi connectivity index (χ3n) is 4.97. The normalized spacial score (nSPS) is 13.7. The van der Waals surface area contributed by atoms with Crippen LogP contribution in [-0.2, 0) is 22.4 Å². The summed E-state index contributed by atoms with van der Waals surface area (Å²) in [4.78, 5) is 48.5. The van der Waals surface area contributed by atoms with Crippen molar-refractivity contribution in [1.82, 2.24) is 5.32 Å². The number of benzene rings is 2. The minimum Gasteiger partial charge on any atom is -0.444 e. The number of carbonyl (C=O) groups is 2. The molecule has 0 aliphatic carbocycles. The molecule has 1 atom stereocenters. The standard InChI is InChI=1S/C22H24N4O7/c1-22(2,3)33-21(28)23-17(11-14-7-5-4-6-8-14)20(27)24-10-9-15-12-16(25(29)30)13-18(19(15)24)26(31)32/h4-8,12-13,17H,9-11H2,1-3H3,(H,23,28)/t17-/m0/s1. The molecule has 0 radical (unpaired) electrons. The zero-order chi connectivity index (χ0) is 24.3. The van der Waals surface area contributed by atoms with Crippen LogP contribution < -0.4 is 10.2 Å². The lowest BCUT2D eigenvalue weighted by atomic mass is 10.0. The molecule has 174 valence electrons. The zero-order valence-corrected chi connectivity index (χ0v) is 18.4. The minimum atomic E-state index is -1.07. The van der Waals surface area contributed by atoms with Crippen LogP contribution >= 0.6 is 0 Å².